The van der Waals surface area contributed by atoms with E-state index in [2.05, 4.69) is 10.1 Å². The molecular weight excluding hydrogens is 292 g/mol. The molecule has 0 aliphatic carbocycles. The molecular formula is C15H9ClN2O3. The third kappa shape index (κ3) is 2.64. The summed E-state index contributed by atoms with van der Waals surface area (Å²) in [5.74, 6) is -0.410. The topological polar surface area (TPSA) is 76.2 Å². The van der Waals surface area contributed by atoms with Crippen molar-refractivity contribution in [3.63, 3.8) is 0 Å². The average Bonchev–Trinajstić information content (AvgIpc) is 2.97. The molecule has 0 aliphatic heterocycles. The first kappa shape index (κ1) is 13.3. The minimum Gasteiger partial charge on any atom is -0.478 e. The second-order valence-electron chi connectivity index (χ2n) is 4.29. The first-order chi connectivity index (χ1) is 10.1. The lowest BCUT2D eigenvalue weighted by atomic mass is 10.1. The number of carboxylic acid groups (broad SMARTS) is 1. The van der Waals surface area contributed by atoms with E-state index in [0.29, 0.717) is 22.0 Å². The molecule has 1 heterocycles. The number of aromatic carboxylic acids is 1. The van der Waals surface area contributed by atoms with Crippen molar-refractivity contribution in [3.05, 3.63) is 59.1 Å². The minimum atomic E-state index is -1.01. The predicted molar refractivity (Wildman–Crippen MR) is 77.1 cm³/mol. The zero-order chi connectivity index (χ0) is 14.8. The van der Waals surface area contributed by atoms with E-state index in [1.807, 2.05) is 12.1 Å². The van der Waals surface area contributed by atoms with Crippen LogP contribution in [-0.2, 0) is 0 Å². The molecule has 0 saturated carbocycles. The number of benzene rings is 2. The maximum absolute atomic E-state index is 11.0. The number of hydrogen-bond acceptors (Lipinski definition) is 4. The van der Waals surface area contributed by atoms with Crippen LogP contribution in [0, 0.1) is 0 Å². The Labute approximate surface area is 124 Å². The molecule has 0 saturated heterocycles. The van der Waals surface area contributed by atoms with Crippen molar-refractivity contribution in [2.24, 2.45) is 0 Å². The minimum absolute atomic E-state index is 0.157. The Morgan fingerprint density at radius 2 is 1.95 bits per heavy atom. The maximum atomic E-state index is 11.0. The largest absolute Gasteiger partial charge is 0.478 e. The van der Waals surface area contributed by atoms with Crippen LogP contribution in [0.5, 0.6) is 0 Å². The molecule has 0 spiro atoms. The third-order valence-electron chi connectivity index (χ3n) is 2.90. The Morgan fingerprint density at radius 1 is 1.14 bits per heavy atom. The Morgan fingerprint density at radius 3 is 2.71 bits per heavy atom. The van der Waals surface area contributed by atoms with Gasteiger partial charge in [0, 0.05) is 11.1 Å². The van der Waals surface area contributed by atoms with Gasteiger partial charge >= 0.3 is 5.97 Å². The molecule has 1 N–H and O–H groups in total. The quantitative estimate of drug-likeness (QED) is 0.797. The van der Waals surface area contributed by atoms with Gasteiger partial charge in [0.1, 0.15) is 0 Å². The Hall–Kier alpha value is -2.66. The van der Waals surface area contributed by atoms with Gasteiger partial charge in [0.15, 0.2) is 0 Å². The molecule has 3 aromatic rings. The summed E-state index contributed by atoms with van der Waals surface area (Å²) >= 11 is 6.08. The van der Waals surface area contributed by atoms with E-state index in [9.17, 15) is 4.79 Å². The highest BCUT2D eigenvalue weighted by Crippen LogP contribution is 2.27. The summed E-state index contributed by atoms with van der Waals surface area (Å²) in [6.07, 6.45) is 0. The molecule has 0 fully saturated rings. The average molecular weight is 301 g/mol. The first-order valence-corrected chi connectivity index (χ1v) is 6.45. The van der Waals surface area contributed by atoms with Crippen LogP contribution in [0.25, 0.3) is 22.8 Å². The van der Waals surface area contributed by atoms with Crippen LogP contribution in [0.4, 0.5) is 0 Å². The Balaban J connectivity index is 2.01. The fourth-order valence-corrected chi connectivity index (χ4v) is 2.10. The van der Waals surface area contributed by atoms with Crippen molar-refractivity contribution < 1.29 is 14.4 Å². The van der Waals surface area contributed by atoms with E-state index >= 15 is 0 Å². The second kappa shape index (κ2) is 5.38. The molecule has 0 atom stereocenters. The van der Waals surface area contributed by atoms with E-state index in [0.717, 1.165) is 0 Å². The zero-order valence-electron chi connectivity index (χ0n) is 10.7. The first-order valence-electron chi connectivity index (χ1n) is 6.07. The number of rotatable bonds is 3. The van der Waals surface area contributed by atoms with Crippen molar-refractivity contribution >= 4 is 17.6 Å². The van der Waals surface area contributed by atoms with Gasteiger partial charge in [-0.2, -0.15) is 4.98 Å². The monoisotopic (exact) mass is 300 g/mol. The number of aromatic nitrogens is 2. The summed E-state index contributed by atoms with van der Waals surface area (Å²) in [5.41, 5.74) is 1.36. The van der Waals surface area contributed by atoms with Gasteiger partial charge in [-0.1, -0.05) is 35.0 Å². The summed E-state index contributed by atoms with van der Waals surface area (Å²) < 4.78 is 5.18. The van der Waals surface area contributed by atoms with Gasteiger partial charge in [0.25, 0.3) is 5.89 Å². The van der Waals surface area contributed by atoms with E-state index in [1.54, 1.807) is 24.3 Å². The predicted octanol–water partition coefficient (Wildman–Crippen LogP) is 3.76. The number of halogens is 1. The zero-order valence-corrected chi connectivity index (χ0v) is 11.4. The van der Waals surface area contributed by atoms with E-state index < -0.39 is 5.97 Å². The van der Waals surface area contributed by atoms with Gasteiger partial charge in [-0.15, -0.1) is 0 Å². The summed E-state index contributed by atoms with van der Waals surface area (Å²) in [6, 6.07) is 13.5. The van der Waals surface area contributed by atoms with Crippen molar-refractivity contribution in [1.29, 1.82) is 0 Å². The molecule has 1 aromatic heterocycles. The molecule has 6 heteroatoms. The van der Waals surface area contributed by atoms with Crippen molar-refractivity contribution in [2.75, 3.05) is 0 Å². The van der Waals surface area contributed by atoms with Gasteiger partial charge in [-0.25, -0.2) is 4.79 Å². The fraction of sp³-hybridized carbons (Fsp3) is 0. The van der Waals surface area contributed by atoms with Crippen LogP contribution >= 0.6 is 11.6 Å². The highest BCUT2D eigenvalue weighted by atomic mass is 35.5. The fourth-order valence-electron chi connectivity index (χ4n) is 1.88. The SMILES string of the molecule is O=C(O)c1cccc(-c2nc(-c3ccccc3Cl)no2)c1. The second-order valence-corrected chi connectivity index (χ2v) is 4.70. The summed E-state index contributed by atoms with van der Waals surface area (Å²) in [7, 11) is 0. The molecule has 5 nitrogen and oxygen atoms in total. The van der Waals surface area contributed by atoms with Crippen LogP contribution in [0.3, 0.4) is 0 Å². The lowest BCUT2D eigenvalue weighted by Crippen LogP contribution is -1.95. The van der Waals surface area contributed by atoms with Crippen molar-refractivity contribution in [3.8, 4) is 22.8 Å². The molecule has 2 aromatic carbocycles. The Kier molecular flexibility index (Phi) is 3.41. The highest BCUT2D eigenvalue weighted by molar-refractivity contribution is 6.33. The summed E-state index contributed by atoms with van der Waals surface area (Å²) in [5, 5.41) is 13.4. The van der Waals surface area contributed by atoms with Gasteiger partial charge in [0.2, 0.25) is 5.82 Å². The van der Waals surface area contributed by atoms with E-state index in [1.165, 1.54) is 12.1 Å². The molecule has 0 amide bonds. The highest BCUT2D eigenvalue weighted by Gasteiger charge is 2.14. The van der Waals surface area contributed by atoms with Gasteiger partial charge < -0.3 is 9.63 Å². The molecule has 3 rings (SSSR count). The Bertz CT molecular complexity index is 814. The van der Waals surface area contributed by atoms with Gasteiger partial charge in [0.05, 0.1) is 10.6 Å². The smallest absolute Gasteiger partial charge is 0.335 e. The van der Waals surface area contributed by atoms with Crippen LogP contribution in [0.2, 0.25) is 5.02 Å². The molecule has 0 unspecified atom stereocenters. The van der Waals surface area contributed by atoms with Crippen molar-refractivity contribution in [2.45, 2.75) is 0 Å². The summed E-state index contributed by atoms with van der Waals surface area (Å²) in [6.45, 7) is 0. The standard InChI is InChI=1S/C15H9ClN2O3/c16-12-7-2-1-6-11(12)13-17-14(21-18-13)9-4-3-5-10(8-9)15(19)20/h1-8H,(H,19,20). The van der Waals surface area contributed by atoms with Crippen LogP contribution in [0.1, 0.15) is 10.4 Å². The van der Waals surface area contributed by atoms with Gasteiger partial charge in [-0.3, -0.25) is 0 Å². The van der Waals surface area contributed by atoms with E-state index in [-0.39, 0.29) is 11.5 Å². The molecule has 0 radical (unpaired) electrons. The summed E-state index contributed by atoms with van der Waals surface area (Å²) in [4.78, 5) is 15.2. The lowest BCUT2D eigenvalue weighted by molar-refractivity contribution is 0.0697. The molecule has 104 valence electrons. The van der Waals surface area contributed by atoms with E-state index in [4.69, 9.17) is 21.2 Å². The van der Waals surface area contributed by atoms with Crippen LogP contribution in [0.15, 0.2) is 53.1 Å². The maximum Gasteiger partial charge on any atom is 0.335 e. The normalized spacial score (nSPS) is 10.5. The van der Waals surface area contributed by atoms with Crippen LogP contribution < -0.4 is 0 Å². The molecule has 21 heavy (non-hydrogen) atoms. The number of hydrogen-bond donors (Lipinski definition) is 1. The number of carboxylic acids is 1. The number of nitrogens with zero attached hydrogens (tertiary/aromatic N) is 2. The molecule has 0 bridgehead atoms. The van der Waals surface area contributed by atoms with Gasteiger partial charge in [-0.05, 0) is 30.3 Å². The van der Waals surface area contributed by atoms with Crippen LogP contribution in [-0.4, -0.2) is 21.2 Å². The van der Waals surface area contributed by atoms with Crippen molar-refractivity contribution in [1.82, 2.24) is 10.1 Å². The third-order valence-corrected chi connectivity index (χ3v) is 3.23. The molecule has 0 aliphatic rings. The lowest BCUT2D eigenvalue weighted by Gasteiger charge is -1.97. The number of carbonyl (C=O) groups is 1.